The molecule has 114 valence electrons. The van der Waals surface area contributed by atoms with E-state index in [0.717, 1.165) is 6.42 Å². The third-order valence-corrected chi connectivity index (χ3v) is 5.21. The standard InChI is InChI=1S/C14H23FN2O2S/c1-5-9(2)11(4)17-20(18,19)13-6-10(3)14(15)12(7-13)8-16/h6-7,9,11,17H,5,8,16H2,1-4H3. The largest absolute Gasteiger partial charge is 0.326 e. The highest BCUT2D eigenvalue weighted by molar-refractivity contribution is 7.89. The van der Waals surface area contributed by atoms with Gasteiger partial charge in [0, 0.05) is 18.2 Å². The Kier molecular flexibility index (Phi) is 5.68. The first-order chi connectivity index (χ1) is 9.22. The Morgan fingerprint density at radius 1 is 1.35 bits per heavy atom. The SMILES string of the molecule is CCC(C)C(C)NS(=O)(=O)c1cc(C)c(F)c(CN)c1. The van der Waals surface area contributed by atoms with Gasteiger partial charge in [-0.2, -0.15) is 0 Å². The summed E-state index contributed by atoms with van der Waals surface area (Å²) < 4.78 is 41.0. The first-order valence-corrected chi connectivity index (χ1v) is 8.22. The number of nitrogens with one attached hydrogen (secondary N) is 1. The second-order valence-corrected chi connectivity index (χ2v) is 6.93. The van der Waals surface area contributed by atoms with Crippen LogP contribution in [0.5, 0.6) is 0 Å². The van der Waals surface area contributed by atoms with Crippen LogP contribution >= 0.6 is 0 Å². The summed E-state index contributed by atoms with van der Waals surface area (Å²) in [5.41, 5.74) is 5.94. The minimum Gasteiger partial charge on any atom is -0.326 e. The fraction of sp³-hybridized carbons (Fsp3) is 0.571. The summed E-state index contributed by atoms with van der Waals surface area (Å²) in [6.45, 7) is 7.31. The molecule has 2 unspecified atom stereocenters. The summed E-state index contributed by atoms with van der Waals surface area (Å²) in [4.78, 5) is 0.0620. The summed E-state index contributed by atoms with van der Waals surface area (Å²) >= 11 is 0. The van der Waals surface area contributed by atoms with Gasteiger partial charge in [-0.1, -0.05) is 20.3 Å². The maximum atomic E-state index is 13.7. The van der Waals surface area contributed by atoms with E-state index in [1.54, 1.807) is 0 Å². The normalized spacial score (nSPS) is 15.1. The van der Waals surface area contributed by atoms with Crippen LogP contribution < -0.4 is 10.5 Å². The quantitative estimate of drug-likeness (QED) is 0.847. The summed E-state index contributed by atoms with van der Waals surface area (Å²) in [6.07, 6.45) is 0.875. The summed E-state index contributed by atoms with van der Waals surface area (Å²) in [5, 5.41) is 0. The van der Waals surface area contributed by atoms with E-state index in [-0.39, 0.29) is 34.5 Å². The Balaban J connectivity index is 3.13. The summed E-state index contributed by atoms with van der Waals surface area (Å²) in [6, 6.07) is 2.45. The molecule has 0 saturated carbocycles. The summed E-state index contributed by atoms with van der Waals surface area (Å²) in [7, 11) is -3.66. The number of aryl methyl sites for hydroxylation is 1. The number of hydrogen-bond acceptors (Lipinski definition) is 3. The van der Waals surface area contributed by atoms with Gasteiger partial charge in [-0.15, -0.1) is 0 Å². The molecule has 0 saturated heterocycles. The van der Waals surface area contributed by atoms with Crippen molar-refractivity contribution in [2.24, 2.45) is 11.7 Å². The van der Waals surface area contributed by atoms with Gasteiger partial charge < -0.3 is 5.73 Å². The van der Waals surface area contributed by atoms with Crippen molar-refractivity contribution >= 4 is 10.0 Å². The molecule has 0 radical (unpaired) electrons. The first kappa shape index (κ1) is 17.1. The van der Waals surface area contributed by atoms with Crippen molar-refractivity contribution in [3.8, 4) is 0 Å². The van der Waals surface area contributed by atoms with Gasteiger partial charge in [0.25, 0.3) is 0 Å². The Morgan fingerprint density at radius 2 is 1.95 bits per heavy atom. The molecule has 4 nitrogen and oxygen atoms in total. The molecule has 0 bridgehead atoms. The average Bonchev–Trinajstić information content (AvgIpc) is 2.39. The molecule has 1 aromatic rings. The van der Waals surface area contributed by atoms with Crippen molar-refractivity contribution < 1.29 is 12.8 Å². The fourth-order valence-corrected chi connectivity index (χ4v) is 3.38. The average molecular weight is 302 g/mol. The lowest BCUT2D eigenvalue weighted by atomic mass is 10.0. The number of hydrogen-bond donors (Lipinski definition) is 2. The number of nitrogens with two attached hydrogens (primary N) is 1. The zero-order valence-electron chi connectivity index (χ0n) is 12.4. The lowest BCUT2D eigenvalue weighted by Crippen LogP contribution is -2.37. The zero-order chi connectivity index (χ0) is 15.5. The lowest BCUT2D eigenvalue weighted by molar-refractivity contribution is 0.434. The first-order valence-electron chi connectivity index (χ1n) is 6.74. The molecule has 0 heterocycles. The molecule has 1 rings (SSSR count). The molecule has 0 aromatic heterocycles. The number of sulfonamides is 1. The van der Waals surface area contributed by atoms with E-state index in [9.17, 15) is 12.8 Å². The van der Waals surface area contributed by atoms with Crippen LogP contribution in [-0.2, 0) is 16.6 Å². The minimum absolute atomic E-state index is 0.0308. The van der Waals surface area contributed by atoms with Gasteiger partial charge in [0.05, 0.1) is 4.90 Å². The third kappa shape index (κ3) is 3.77. The molecule has 0 spiro atoms. The number of rotatable bonds is 6. The maximum Gasteiger partial charge on any atom is 0.240 e. The van der Waals surface area contributed by atoms with Crippen LogP contribution in [0.2, 0.25) is 0 Å². The minimum atomic E-state index is -3.66. The van der Waals surface area contributed by atoms with Gasteiger partial charge in [-0.25, -0.2) is 17.5 Å². The van der Waals surface area contributed by atoms with Crippen LogP contribution in [0, 0.1) is 18.7 Å². The van der Waals surface area contributed by atoms with E-state index in [1.807, 2.05) is 20.8 Å². The molecule has 3 N–H and O–H groups in total. The van der Waals surface area contributed by atoms with Crippen LogP contribution in [-0.4, -0.2) is 14.5 Å². The second-order valence-electron chi connectivity index (χ2n) is 5.21. The molecule has 2 atom stereocenters. The van der Waals surface area contributed by atoms with Gasteiger partial charge in [-0.3, -0.25) is 0 Å². The molecule has 1 aromatic carbocycles. The van der Waals surface area contributed by atoms with Crippen LogP contribution in [0.1, 0.15) is 38.3 Å². The molecule has 6 heteroatoms. The van der Waals surface area contributed by atoms with E-state index < -0.39 is 15.8 Å². The van der Waals surface area contributed by atoms with Crippen molar-refractivity contribution in [3.05, 3.63) is 29.1 Å². The van der Waals surface area contributed by atoms with Crippen LogP contribution in [0.25, 0.3) is 0 Å². The third-order valence-electron chi connectivity index (χ3n) is 3.67. The highest BCUT2D eigenvalue weighted by atomic mass is 32.2. The predicted molar refractivity (Wildman–Crippen MR) is 78.3 cm³/mol. The zero-order valence-corrected chi connectivity index (χ0v) is 13.2. The van der Waals surface area contributed by atoms with Gasteiger partial charge in [0.1, 0.15) is 5.82 Å². The molecular weight excluding hydrogens is 279 g/mol. The van der Waals surface area contributed by atoms with Gasteiger partial charge in [0.15, 0.2) is 0 Å². The molecule has 0 aliphatic rings. The molecule has 20 heavy (non-hydrogen) atoms. The van der Waals surface area contributed by atoms with Gasteiger partial charge in [0.2, 0.25) is 10.0 Å². The van der Waals surface area contributed by atoms with E-state index in [0.29, 0.717) is 0 Å². The van der Waals surface area contributed by atoms with E-state index in [4.69, 9.17) is 5.73 Å². The van der Waals surface area contributed by atoms with Crippen molar-refractivity contribution in [2.45, 2.75) is 51.6 Å². The Bertz CT molecular complexity index is 573. The molecule has 0 fully saturated rings. The van der Waals surface area contributed by atoms with Crippen LogP contribution in [0.3, 0.4) is 0 Å². The number of benzene rings is 1. The van der Waals surface area contributed by atoms with E-state index >= 15 is 0 Å². The van der Waals surface area contributed by atoms with Gasteiger partial charge >= 0.3 is 0 Å². The topological polar surface area (TPSA) is 72.2 Å². The Labute approximate surface area is 120 Å². The molecule has 0 aliphatic carbocycles. The second kappa shape index (κ2) is 6.65. The van der Waals surface area contributed by atoms with E-state index in [2.05, 4.69) is 4.72 Å². The summed E-state index contributed by atoms with van der Waals surface area (Å²) in [5.74, 6) is -0.221. The highest BCUT2D eigenvalue weighted by Crippen LogP contribution is 2.20. The highest BCUT2D eigenvalue weighted by Gasteiger charge is 2.22. The monoisotopic (exact) mass is 302 g/mol. The van der Waals surface area contributed by atoms with Crippen molar-refractivity contribution in [2.75, 3.05) is 0 Å². The Hall–Kier alpha value is -0.980. The van der Waals surface area contributed by atoms with E-state index in [1.165, 1.54) is 19.1 Å². The lowest BCUT2D eigenvalue weighted by Gasteiger charge is -2.20. The van der Waals surface area contributed by atoms with Crippen molar-refractivity contribution in [1.82, 2.24) is 4.72 Å². The van der Waals surface area contributed by atoms with Crippen molar-refractivity contribution in [1.29, 1.82) is 0 Å². The van der Waals surface area contributed by atoms with Gasteiger partial charge in [-0.05, 0) is 37.5 Å². The van der Waals surface area contributed by atoms with Crippen LogP contribution in [0.4, 0.5) is 4.39 Å². The molecular formula is C14H23FN2O2S. The fourth-order valence-electron chi connectivity index (χ4n) is 1.89. The predicted octanol–water partition coefficient (Wildman–Crippen LogP) is 2.31. The van der Waals surface area contributed by atoms with Crippen molar-refractivity contribution in [3.63, 3.8) is 0 Å². The molecule has 0 aliphatic heterocycles. The Morgan fingerprint density at radius 3 is 2.45 bits per heavy atom. The molecule has 0 amide bonds. The van der Waals surface area contributed by atoms with Crippen LogP contribution in [0.15, 0.2) is 17.0 Å². The maximum absolute atomic E-state index is 13.7. The smallest absolute Gasteiger partial charge is 0.240 e. The number of halogens is 1.